The summed E-state index contributed by atoms with van der Waals surface area (Å²) >= 11 is 0. The third-order valence-electron chi connectivity index (χ3n) is 2.90. The lowest BCUT2D eigenvalue weighted by Crippen LogP contribution is -2.37. The van der Waals surface area contributed by atoms with E-state index in [4.69, 9.17) is 4.74 Å². The van der Waals surface area contributed by atoms with Crippen molar-refractivity contribution in [3.05, 3.63) is 30.1 Å². The van der Waals surface area contributed by atoms with Crippen LogP contribution in [0, 0.1) is 5.82 Å². The molecule has 1 aromatic rings. The van der Waals surface area contributed by atoms with E-state index >= 15 is 0 Å². The van der Waals surface area contributed by atoms with Crippen LogP contribution in [0.25, 0.3) is 0 Å². The molecule has 0 fully saturated rings. The van der Waals surface area contributed by atoms with Crippen molar-refractivity contribution in [1.29, 1.82) is 0 Å². The number of halogens is 1. The molecule has 0 bridgehead atoms. The number of benzene rings is 1. The quantitative estimate of drug-likeness (QED) is 0.749. The fourth-order valence-corrected chi connectivity index (χ4v) is 1.69. The first-order valence-corrected chi connectivity index (χ1v) is 6.46. The molecule has 1 aromatic carbocycles. The summed E-state index contributed by atoms with van der Waals surface area (Å²) in [5.74, 6) is -0.225. The molecule has 102 valence electrons. The van der Waals surface area contributed by atoms with Crippen LogP contribution in [-0.4, -0.2) is 30.4 Å². The van der Waals surface area contributed by atoms with Gasteiger partial charge in [-0.05, 0) is 25.0 Å². The van der Waals surface area contributed by atoms with Crippen molar-refractivity contribution in [3.63, 3.8) is 0 Å². The van der Waals surface area contributed by atoms with Crippen LogP contribution in [-0.2, 0) is 0 Å². The summed E-state index contributed by atoms with van der Waals surface area (Å²) < 4.78 is 18.5. The second-order valence-corrected chi connectivity index (χ2v) is 4.32. The van der Waals surface area contributed by atoms with Crippen LogP contribution in [0.2, 0.25) is 0 Å². The molecule has 0 aromatic heterocycles. The third-order valence-corrected chi connectivity index (χ3v) is 2.90. The van der Waals surface area contributed by atoms with Crippen LogP contribution in [0.15, 0.2) is 24.3 Å². The molecule has 0 radical (unpaired) electrons. The van der Waals surface area contributed by atoms with Crippen molar-refractivity contribution in [1.82, 2.24) is 5.32 Å². The smallest absolute Gasteiger partial charge is 0.165 e. The number of nitrogens with one attached hydrogen (secondary N) is 1. The lowest BCUT2D eigenvalue weighted by atomic mass is 10.1. The van der Waals surface area contributed by atoms with E-state index in [0.717, 1.165) is 12.8 Å². The lowest BCUT2D eigenvalue weighted by Gasteiger charge is -2.18. The maximum absolute atomic E-state index is 13.2. The van der Waals surface area contributed by atoms with Crippen molar-refractivity contribution in [3.8, 4) is 5.75 Å². The highest BCUT2D eigenvalue weighted by Gasteiger charge is 2.09. The first-order valence-electron chi connectivity index (χ1n) is 6.46. The average molecular weight is 255 g/mol. The zero-order chi connectivity index (χ0) is 13.4. The molecule has 1 rings (SSSR count). The molecule has 1 unspecified atom stereocenters. The fraction of sp³-hybridized carbons (Fsp3) is 0.571. The molecule has 0 heterocycles. The number of hydrogen-bond donors (Lipinski definition) is 2. The maximum atomic E-state index is 13.2. The van der Waals surface area contributed by atoms with E-state index in [2.05, 4.69) is 19.2 Å². The van der Waals surface area contributed by atoms with E-state index in [-0.39, 0.29) is 12.4 Å². The number of aliphatic hydroxyl groups excluding tert-OH is 1. The minimum Gasteiger partial charge on any atom is -0.488 e. The molecule has 0 saturated heterocycles. The van der Waals surface area contributed by atoms with Crippen LogP contribution in [0.5, 0.6) is 5.75 Å². The molecule has 1 atom stereocenters. The van der Waals surface area contributed by atoms with Gasteiger partial charge in [0.1, 0.15) is 12.7 Å². The number of para-hydroxylation sites is 1. The predicted molar refractivity (Wildman–Crippen MR) is 70.3 cm³/mol. The molecule has 0 saturated carbocycles. The van der Waals surface area contributed by atoms with Gasteiger partial charge >= 0.3 is 0 Å². The Balaban J connectivity index is 2.29. The standard InChI is InChI=1S/C14H22FNO2/c1-3-11(4-2)16-9-12(17)10-18-14-8-6-5-7-13(14)15/h5-8,11-12,16-17H,3-4,9-10H2,1-2H3. The Morgan fingerprint density at radius 3 is 2.56 bits per heavy atom. The Labute approximate surface area is 108 Å². The maximum Gasteiger partial charge on any atom is 0.165 e. The molecular weight excluding hydrogens is 233 g/mol. The van der Waals surface area contributed by atoms with Crippen molar-refractivity contribution in [2.45, 2.75) is 38.8 Å². The van der Waals surface area contributed by atoms with Crippen molar-refractivity contribution in [2.24, 2.45) is 0 Å². The molecule has 0 aliphatic carbocycles. The minimum absolute atomic E-state index is 0.0914. The Morgan fingerprint density at radius 2 is 1.94 bits per heavy atom. The Morgan fingerprint density at radius 1 is 1.28 bits per heavy atom. The molecule has 0 aliphatic rings. The Kier molecular flexibility index (Phi) is 6.68. The second-order valence-electron chi connectivity index (χ2n) is 4.32. The van der Waals surface area contributed by atoms with Gasteiger partial charge in [-0.25, -0.2) is 4.39 Å². The number of rotatable bonds is 8. The molecule has 3 nitrogen and oxygen atoms in total. The Hall–Kier alpha value is -1.13. The van der Waals surface area contributed by atoms with E-state index in [1.807, 2.05) is 0 Å². The summed E-state index contributed by atoms with van der Waals surface area (Å²) in [5, 5.41) is 13.0. The lowest BCUT2D eigenvalue weighted by molar-refractivity contribution is 0.101. The minimum atomic E-state index is -0.634. The largest absolute Gasteiger partial charge is 0.488 e. The van der Waals surface area contributed by atoms with Crippen LogP contribution < -0.4 is 10.1 Å². The van der Waals surface area contributed by atoms with Crippen LogP contribution in [0.1, 0.15) is 26.7 Å². The van der Waals surface area contributed by atoms with Gasteiger partial charge in [0.25, 0.3) is 0 Å². The van der Waals surface area contributed by atoms with Gasteiger partial charge in [0.15, 0.2) is 11.6 Å². The van der Waals surface area contributed by atoms with Crippen molar-refractivity contribution < 1.29 is 14.2 Å². The van der Waals surface area contributed by atoms with Gasteiger partial charge in [-0.2, -0.15) is 0 Å². The summed E-state index contributed by atoms with van der Waals surface area (Å²) in [7, 11) is 0. The monoisotopic (exact) mass is 255 g/mol. The molecule has 2 N–H and O–H groups in total. The zero-order valence-corrected chi connectivity index (χ0v) is 11.0. The average Bonchev–Trinajstić information content (AvgIpc) is 2.39. The van der Waals surface area contributed by atoms with Gasteiger partial charge in [0.05, 0.1) is 0 Å². The third kappa shape index (κ3) is 5.02. The topological polar surface area (TPSA) is 41.5 Å². The zero-order valence-electron chi connectivity index (χ0n) is 11.0. The summed E-state index contributed by atoms with van der Waals surface area (Å²) in [6.07, 6.45) is 1.42. The second kappa shape index (κ2) is 8.06. The summed E-state index contributed by atoms with van der Waals surface area (Å²) in [4.78, 5) is 0. The molecule has 18 heavy (non-hydrogen) atoms. The van der Waals surface area contributed by atoms with Gasteiger partial charge in [-0.3, -0.25) is 0 Å². The van der Waals surface area contributed by atoms with Gasteiger partial charge in [-0.15, -0.1) is 0 Å². The molecule has 0 aliphatic heterocycles. The number of ether oxygens (including phenoxy) is 1. The van der Waals surface area contributed by atoms with Crippen LogP contribution >= 0.6 is 0 Å². The van der Waals surface area contributed by atoms with Gasteiger partial charge < -0.3 is 15.2 Å². The molecule has 0 spiro atoms. The highest BCUT2D eigenvalue weighted by molar-refractivity contribution is 5.23. The van der Waals surface area contributed by atoms with Crippen LogP contribution in [0.4, 0.5) is 4.39 Å². The van der Waals surface area contributed by atoms with E-state index in [1.54, 1.807) is 18.2 Å². The predicted octanol–water partition coefficient (Wildman–Crippen LogP) is 2.34. The Bertz CT molecular complexity index is 342. The molecular formula is C14H22FNO2. The van der Waals surface area contributed by atoms with Gasteiger partial charge in [-0.1, -0.05) is 26.0 Å². The van der Waals surface area contributed by atoms with Gasteiger partial charge in [0.2, 0.25) is 0 Å². The normalized spacial score (nSPS) is 12.7. The molecule has 0 amide bonds. The van der Waals surface area contributed by atoms with E-state index in [0.29, 0.717) is 12.6 Å². The van der Waals surface area contributed by atoms with E-state index < -0.39 is 11.9 Å². The highest BCUT2D eigenvalue weighted by Crippen LogP contribution is 2.15. The SMILES string of the molecule is CCC(CC)NCC(O)COc1ccccc1F. The summed E-state index contributed by atoms with van der Waals surface area (Å²) in [5.41, 5.74) is 0. The number of aliphatic hydroxyl groups is 1. The number of hydrogen-bond acceptors (Lipinski definition) is 3. The van der Waals surface area contributed by atoms with Crippen LogP contribution in [0.3, 0.4) is 0 Å². The van der Waals surface area contributed by atoms with E-state index in [1.165, 1.54) is 6.07 Å². The molecule has 4 heteroatoms. The summed E-state index contributed by atoms with van der Waals surface area (Å²) in [6.45, 7) is 4.75. The van der Waals surface area contributed by atoms with Gasteiger partial charge in [0, 0.05) is 12.6 Å². The van der Waals surface area contributed by atoms with Crippen molar-refractivity contribution in [2.75, 3.05) is 13.2 Å². The summed E-state index contributed by atoms with van der Waals surface area (Å²) in [6, 6.07) is 6.61. The highest BCUT2D eigenvalue weighted by atomic mass is 19.1. The first kappa shape index (κ1) is 14.9. The first-order chi connectivity index (χ1) is 8.67. The van der Waals surface area contributed by atoms with E-state index in [9.17, 15) is 9.50 Å². The van der Waals surface area contributed by atoms with Crippen molar-refractivity contribution >= 4 is 0 Å². The fourth-order valence-electron chi connectivity index (χ4n) is 1.69.